The first-order valence-corrected chi connectivity index (χ1v) is 8.33. The van der Waals surface area contributed by atoms with Crippen LogP contribution in [0.15, 0.2) is 4.99 Å². The van der Waals surface area contributed by atoms with Gasteiger partial charge in [-0.15, -0.1) is 0 Å². The number of carboxylic acids is 1. The predicted octanol–water partition coefficient (Wildman–Crippen LogP) is -2.61. The summed E-state index contributed by atoms with van der Waals surface area (Å²) in [6, 6.07) is -2.23. The van der Waals surface area contributed by atoms with Crippen LogP contribution in [0.2, 0.25) is 0 Å². The van der Waals surface area contributed by atoms with E-state index in [2.05, 4.69) is 15.6 Å². The van der Waals surface area contributed by atoms with Crippen LogP contribution >= 0.6 is 0 Å². The van der Waals surface area contributed by atoms with Gasteiger partial charge in [-0.25, -0.2) is 4.79 Å². The molecule has 12 nitrogen and oxygen atoms in total. The van der Waals surface area contributed by atoms with Crippen LogP contribution in [0.5, 0.6) is 0 Å². The smallest absolute Gasteiger partial charge is 0.329 e. The average Bonchev–Trinajstić information content (AvgIpc) is 2.54. The third-order valence-electron chi connectivity index (χ3n) is 3.08. The van der Waals surface area contributed by atoms with Gasteiger partial charge in [0.25, 0.3) is 0 Å². The van der Waals surface area contributed by atoms with Gasteiger partial charge in [-0.3, -0.25) is 19.4 Å². The first-order chi connectivity index (χ1) is 12.5. The maximum Gasteiger partial charge on any atom is 0.329 e. The number of carbonyl (C=O) groups is 4. The van der Waals surface area contributed by atoms with Crippen molar-refractivity contribution >= 4 is 29.7 Å². The van der Waals surface area contributed by atoms with Crippen molar-refractivity contribution in [3.63, 3.8) is 0 Å². The molecule has 0 radical (unpaired) electrons. The molecule has 0 aromatic rings. The van der Waals surface area contributed by atoms with Gasteiger partial charge < -0.3 is 37.7 Å². The Hall–Kier alpha value is -2.89. The number of aliphatic carboxylic acids is 1. The van der Waals surface area contributed by atoms with E-state index in [0.29, 0.717) is 19.4 Å². The summed E-state index contributed by atoms with van der Waals surface area (Å²) in [5, 5.41) is 13.4. The minimum absolute atomic E-state index is 0.0587. The Morgan fingerprint density at radius 1 is 1.19 bits per heavy atom. The van der Waals surface area contributed by atoms with Crippen LogP contribution in [0, 0.1) is 0 Å². The zero-order chi connectivity index (χ0) is 21.0. The molecule has 0 rings (SSSR count). The van der Waals surface area contributed by atoms with Crippen LogP contribution in [0.3, 0.4) is 0 Å². The molecule has 2 unspecified atom stereocenters. The maximum atomic E-state index is 11.9. The second-order valence-corrected chi connectivity index (χ2v) is 5.98. The molecule has 2 amide bonds. The molecule has 0 saturated heterocycles. The number of nitrogens with two attached hydrogens (primary N) is 3. The van der Waals surface area contributed by atoms with E-state index in [0.717, 1.165) is 0 Å². The van der Waals surface area contributed by atoms with E-state index in [4.69, 9.17) is 27.0 Å². The molecule has 2 atom stereocenters. The molecule has 0 aromatic carbocycles. The highest BCUT2D eigenvalue weighted by molar-refractivity contribution is 5.91. The summed E-state index contributed by atoms with van der Waals surface area (Å²) in [5.74, 6) is -3.54. The van der Waals surface area contributed by atoms with E-state index in [-0.39, 0.29) is 5.96 Å². The number of aliphatic imine (C=N–C) groups is 1. The monoisotopic (exact) mass is 388 g/mol. The summed E-state index contributed by atoms with van der Waals surface area (Å²) in [6.07, 6.45) is -0.343. The molecule has 0 spiro atoms. The minimum Gasteiger partial charge on any atom is -0.481 e. The third kappa shape index (κ3) is 12.2. The number of nitrogens with zero attached hydrogens (tertiary/aromatic N) is 1. The first-order valence-electron chi connectivity index (χ1n) is 8.33. The standard InChI is InChI=1S/C15H28N6O6/c1-8(2)27-14(26)10(6-12(23)24)21-11(22)7-20-13(25)9(16)4-3-5-19-15(17)18/h8-10H,3-7,16H2,1-2H3,(H,20,25)(H,21,22)(H,23,24)(H4,17,18,19). The number of guanidine groups is 1. The molecule has 0 aliphatic heterocycles. The normalized spacial score (nSPS) is 12.6. The van der Waals surface area contributed by atoms with Crippen LogP contribution in [0.1, 0.15) is 33.1 Å². The fourth-order valence-corrected chi connectivity index (χ4v) is 1.88. The summed E-state index contributed by atoms with van der Waals surface area (Å²) in [4.78, 5) is 50.1. The highest BCUT2D eigenvalue weighted by Gasteiger charge is 2.26. The number of hydrogen-bond acceptors (Lipinski definition) is 7. The summed E-state index contributed by atoms with van der Waals surface area (Å²) in [6.45, 7) is 3.03. The minimum atomic E-state index is -1.36. The lowest BCUT2D eigenvalue weighted by molar-refractivity contribution is -0.154. The number of amides is 2. The second kappa shape index (κ2) is 12.5. The van der Waals surface area contributed by atoms with Gasteiger partial charge in [-0.1, -0.05) is 0 Å². The lowest BCUT2D eigenvalue weighted by Crippen LogP contribution is -2.49. The van der Waals surface area contributed by atoms with Crippen molar-refractivity contribution in [3.8, 4) is 0 Å². The van der Waals surface area contributed by atoms with Gasteiger partial charge in [0.1, 0.15) is 6.04 Å². The number of hydrogen-bond donors (Lipinski definition) is 6. The molecule has 0 fully saturated rings. The van der Waals surface area contributed by atoms with E-state index in [1.54, 1.807) is 13.8 Å². The van der Waals surface area contributed by atoms with Crippen molar-refractivity contribution in [3.05, 3.63) is 0 Å². The van der Waals surface area contributed by atoms with Gasteiger partial charge >= 0.3 is 11.9 Å². The van der Waals surface area contributed by atoms with Crippen LogP contribution < -0.4 is 27.8 Å². The van der Waals surface area contributed by atoms with Gasteiger partial charge in [-0.2, -0.15) is 0 Å². The Kier molecular flexibility index (Phi) is 11.1. The van der Waals surface area contributed by atoms with Gasteiger partial charge in [0.2, 0.25) is 11.8 Å². The Bertz CT molecular complexity index is 561. The van der Waals surface area contributed by atoms with Gasteiger partial charge in [0.05, 0.1) is 25.1 Å². The Morgan fingerprint density at radius 3 is 2.33 bits per heavy atom. The largest absolute Gasteiger partial charge is 0.481 e. The zero-order valence-corrected chi connectivity index (χ0v) is 15.4. The topological polar surface area (TPSA) is 212 Å². The first kappa shape index (κ1) is 24.1. The molecular weight excluding hydrogens is 360 g/mol. The van der Waals surface area contributed by atoms with Crippen molar-refractivity contribution < 1.29 is 29.0 Å². The molecule has 0 aromatic heterocycles. The van der Waals surface area contributed by atoms with Crippen LogP contribution in [0.25, 0.3) is 0 Å². The lowest BCUT2D eigenvalue weighted by Gasteiger charge is -2.18. The zero-order valence-electron chi connectivity index (χ0n) is 15.4. The Balaban J connectivity index is 4.43. The second-order valence-electron chi connectivity index (χ2n) is 5.98. The number of ether oxygens (including phenoxy) is 1. The van der Waals surface area contributed by atoms with Crippen molar-refractivity contribution in [1.29, 1.82) is 0 Å². The molecule has 9 N–H and O–H groups in total. The van der Waals surface area contributed by atoms with E-state index < -0.39 is 54.9 Å². The fourth-order valence-electron chi connectivity index (χ4n) is 1.88. The van der Waals surface area contributed by atoms with E-state index in [9.17, 15) is 19.2 Å². The SMILES string of the molecule is CC(C)OC(=O)C(CC(=O)O)NC(=O)CNC(=O)C(N)CCCN=C(N)N. The molecule has 154 valence electrons. The molecule has 0 heterocycles. The van der Waals surface area contributed by atoms with Gasteiger partial charge in [-0.05, 0) is 26.7 Å². The van der Waals surface area contributed by atoms with Crippen molar-refractivity contribution in [1.82, 2.24) is 10.6 Å². The number of carboxylic acid groups (broad SMARTS) is 1. The van der Waals surface area contributed by atoms with Crippen LogP contribution in [-0.4, -0.2) is 66.1 Å². The molecule has 0 aliphatic rings. The summed E-state index contributed by atoms with van der Waals surface area (Å²) >= 11 is 0. The Labute approximate surface area is 156 Å². The fraction of sp³-hybridized carbons (Fsp3) is 0.667. The number of esters is 1. The summed E-state index contributed by atoms with van der Waals surface area (Å²) in [5.41, 5.74) is 16.0. The molecule has 0 aliphatic carbocycles. The lowest BCUT2D eigenvalue weighted by atomic mass is 10.1. The molecular formula is C15H28N6O6. The molecule has 12 heteroatoms. The number of nitrogens with one attached hydrogen (secondary N) is 2. The van der Waals surface area contributed by atoms with E-state index in [1.165, 1.54) is 0 Å². The van der Waals surface area contributed by atoms with E-state index >= 15 is 0 Å². The third-order valence-corrected chi connectivity index (χ3v) is 3.08. The van der Waals surface area contributed by atoms with Crippen LogP contribution in [-0.2, 0) is 23.9 Å². The maximum absolute atomic E-state index is 11.9. The predicted molar refractivity (Wildman–Crippen MR) is 96.3 cm³/mol. The summed E-state index contributed by atoms with van der Waals surface area (Å²) in [7, 11) is 0. The quantitative estimate of drug-likeness (QED) is 0.0893. The van der Waals surface area contributed by atoms with Crippen molar-refractivity contribution in [2.75, 3.05) is 13.1 Å². The van der Waals surface area contributed by atoms with Gasteiger partial charge in [0, 0.05) is 6.54 Å². The number of carbonyl (C=O) groups excluding carboxylic acids is 3. The highest BCUT2D eigenvalue weighted by Crippen LogP contribution is 2.00. The van der Waals surface area contributed by atoms with Crippen molar-refractivity contribution in [2.24, 2.45) is 22.2 Å². The molecule has 0 bridgehead atoms. The van der Waals surface area contributed by atoms with Crippen molar-refractivity contribution in [2.45, 2.75) is 51.3 Å². The van der Waals surface area contributed by atoms with E-state index in [1.807, 2.05) is 0 Å². The Morgan fingerprint density at radius 2 is 1.81 bits per heavy atom. The number of rotatable bonds is 12. The molecule has 27 heavy (non-hydrogen) atoms. The average molecular weight is 388 g/mol. The van der Waals surface area contributed by atoms with Crippen LogP contribution in [0.4, 0.5) is 0 Å². The molecule has 0 saturated carbocycles. The van der Waals surface area contributed by atoms with Gasteiger partial charge in [0.15, 0.2) is 5.96 Å². The summed E-state index contributed by atoms with van der Waals surface area (Å²) < 4.78 is 4.90. The highest BCUT2D eigenvalue weighted by atomic mass is 16.5.